The number of aromatic nitrogens is 2. The fraction of sp³-hybridized carbons (Fsp3) is 0.0667. The number of pyridine rings is 2. The van der Waals surface area contributed by atoms with Gasteiger partial charge < -0.3 is 24.0 Å². The average molecular weight is 362 g/mol. The molecule has 1 aromatic carbocycles. The van der Waals surface area contributed by atoms with E-state index >= 15 is 0 Å². The van der Waals surface area contributed by atoms with Crippen LogP contribution in [-0.4, -0.2) is 4.40 Å². The molecule has 0 N–H and O–H groups in total. The third-order valence-electron chi connectivity index (χ3n) is 3.61. The molecule has 0 bridgehead atoms. The van der Waals surface area contributed by atoms with Gasteiger partial charge in [0.05, 0.1) is 5.52 Å². The first-order valence-corrected chi connectivity index (χ1v) is 5.91. The summed E-state index contributed by atoms with van der Waals surface area (Å²) in [6.45, 7) is 0. The summed E-state index contributed by atoms with van der Waals surface area (Å²) in [6.07, 6.45) is 2.04. The summed E-state index contributed by atoms with van der Waals surface area (Å²) >= 11 is 0. The number of para-hydroxylation sites is 1. The van der Waals surface area contributed by atoms with Crippen LogP contribution in [0.15, 0.2) is 53.5 Å². The van der Waals surface area contributed by atoms with E-state index in [1.54, 1.807) is 10.5 Å². The Kier molecular flexibility index (Phi) is 2.70. The van der Waals surface area contributed by atoms with Gasteiger partial charge in [0, 0.05) is 29.0 Å². The first-order chi connectivity index (χ1) is 8.77. The molecule has 0 aliphatic rings. The van der Waals surface area contributed by atoms with Crippen LogP contribution < -0.4 is 34.1 Å². The first-order valence-electron chi connectivity index (χ1n) is 5.91. The van der Waals surface area contributed by atoms with Crippen LogP contribution in [0.3, 0.4) is 0 Å². The lowest BCUT2D eigenvalue weighted by Crippen LogP contribution is -3.00. The number of halogens is 1. The van der Waals surface area contributed by atoms with Crippen molar-refractivity contribution in [2.24, 2.45) is 7.05 Å². The fourth-order valence-corrected chi connectivity index (χ4v) is 2.77. The number of benzene rings is 1. The lowest BCUT2D eigenvalue weighted by Gasteiger charge is -1.97. The SMILES string of the molecule is C[n+]1ccc2c3ccccc3n3c(=O)ccc1c23.[I-]. The van der Waals surface area contributed by atoms with Crippen molar-refractivity contribution in [3.8, 4) is 0 Å². The Bertz CT molecular complexity index is 959. The molecule has 3 aromatic heterocycles. The molecule has 0 aliphatic heterocycles. The normalized spacial score (nSPS) is 11.2. The fourth-order valence-electron chi connectivity index (χ4n) is 2.77. The standard InChI is InChI=1S/C15H11N2O.HI/c1-16-9-8-11-10-4-2-3-5-12(10)17-14(18)7-6-13(16)15(11)17;/h2-9H,1H3;1H/q+1;/p-1. The van der Waals surface area contributed by atoms with Gasteiger partial charge in [0.25, 0.3) is 5.56 Å². The van der Waals surface area contributed by atoms with Crippen molar-refractivity contribution in [1.82, 2.24) is 4.40 Å². The van der Waals surface area contributed by atoms with Gasteiger partial charge in [0.15, 0.2) is 6.20 Å². The summed E-state index contributed by atoms with van der Waals surface area (Å²) in [5, 5.41) is 2.27. The minimum atomic E-state index is 0. The molecule has 3 heterocycles. The third-order valence-corrected chi connectivity index (χ3v) is 3.61. The van der Waals surface area contributed by atoms with Gasteiger partial charge in [0.1, 0.15) is 12.6 Å². The van der Waals surface area contributed by atoms with Gasteiger partial charge >= 0.3 is 0 Å². The molecular formula is C15H11IN2O. The Morgan fingerprint density at radius 3 is 2.63 bits per heavy atom. The molecule has 0 atom stereocenters. The molecular weight excluding hydrogens is 351 g/mol. The van der Waals surface area contributed by atoms with E-state index in [4.69, 9.17) is 0 Å². The van der Waals surface area contributed by atoms with E-state index < -0.39 is 0 Å². The molecule has 0 spiro atoms. The minimum Gasteiger partial charge on any atom is -1.00 e. The van der Waals surface area contributed by atoms with Gasteiger partial charge in [0.2, 0.25) is 5.52 Å². The van der Waals surface area contributed by atoms with Gasteiger partial charge in [-0.15, -0.1) is 0 Å². The van der Waals surface area contributed by atoms with Crippen molar-refractivity contribution < 1.29 is 28.5 Å². The number of nitrogens with zero attached hydrogens (tertiary/aromatic N) is 2. The van der Waals surface area contributed by atoms with E-state index in [1.807, 2.05) is 42.1 Å². The molecule has 19 heavy (non-hydrogen) atoms. The third kappa shape index (κ3) is 1.49. The number of hydrogen-bond donors (Lipinski definition) is 0. The maximum atomic E-state index is 12.1. The van der Waals surface area contributed by atoms with Gasteiger partial charge in [-0.2, -0.15) is 4.57 Å². The Hall–Kier alpha value is -1.69. The van der Waals surface area contributed by atoms with Crippen molar-refractivity contribution in [3.05, 3.63) is 59.0 Å². The molecule has 4 heteroatoms. The lowest BCUT2D eigenvalue weighted by molar-refractivity contribution is -0.644. The topological polar surface area (TPSA) is 25.4 Å². The van der Waals surface area contributed by atoms with Crippen LogP contribution in [0.25, 0.3) is 27.3 Å². The minimum absolute atomic E-state index is 0. The lowest BCUT2D eigenvalue weighted by atomic mass is 10.2. The smallest absolute Gasteiger partial charge is 0.256 e. The molecule has 94 valence electrons. The summed E-state index contributed by atoms with van der Waals surface area (Å²) in [6, 6.07) is 13.6. The van der Waals surface area contributed by atoms with E-state index in [-0.39, 0.29) is 29.5 Å². The highest BCUT2D eigenvalue weighted by Gasteiger charge is 2.17. The van der Waals surface area contributed by atoms with Crippen molar-refractivity contribution in [2.75, 3.05) is 0 Å². The largest absolute Gasteiger partial charge is 1.00 e. The predicted molar refractivity (Wildman–Crippen MR) is 71.0 cm³/mol. The monoisotopic (exact) mass is 362 g/mol. The Morgan fingerprint density at radius 1 is 1.00 bits per heavy atom. The van der Waals surface area contributed by atoms with Crippen LogP contribution >= 0.6 is 0 Å². The molecule has 0 radical (unpaired) electrons. The van der Waals surface area contributed by atoms with E-state index in [1.165, 1.54) is 0 Å². The molecule has 0 saturated heterocycles. The highest BCUT2D eigenvalue weighted by atomic mass is 127. The molecule has 0 amide bonds. The number of rotatable bonds is 0. The molecule has 0 saturated carbocycles. The quantitative estimate of drug-likeness (QED) is 0.287. The van der Waals surface area contributed by atoms with Gasteiger partial charge in [-0.25, -0.2) is 0 Å². The molecule has 0 fully saturated rings. The summed E-state index contributed by atoms with van der Waals surface area (Å²) in [5.74, 6) is 0. The summed E-state index contributed by atoms with van der Waals surface area (Å²) in [7, 11) is 2.00. The number of aryl methyl sites for hydroxylation is 1. The summed E-state index contributed by atoms with van der Waals surface area (Å²) < 4.78 is 3.85. The summed E-state index contributed by atoms with van der Waals surface area (Å²) in [4.78, 5) is 12.1. The van der Waals surface area contributed by atoms with Crippen LogP contribution in [0.4, 0.5) is 0 Å². The van der Waals surface area contributed by atoms with Gasteiger partial charge in [-0.1, -0.05) is 18.2 Å². The molecule has 4 rings (SSSR count). The van der Waals surface area contributed by atoms with Crippen molar-refractivity contribution >= 4 is 27.3 Å². The Labute approximate surface area is 126 Å². The second kappa shape index (κ2) is 4.16. The van der Waals surface area contributed by atoms with E-state index in [0.29, 0.717) is 0 Å². The summed E-state index contributed by atoms with van der Waals surface area (Å²) in [5.41, 5.74) is 3.09. The number of fused-ring (bicyclic) bond motifs is 3. The van der Waals surface area contributed by atoms with Crippen LogP contribution in [0, 0.1) is 0 Å². The second-order valence-corrected chi connectivity index (χ2v) is 4.60. The molecule has 0 unspecified atom stereocenters. The highest BCUT2D eigenvalue weighted by molar-refractivity contribution is 6.11. The zero-order chi connectivity index (χ0) is 12.3. The molecule has 0 aliphatic carbocycles. The maximum Gasteiger partial charge on any atom is 0.256 e. The first kappa shape index (κ1) is 12.3. The van der Waals surface area contributed by atoms with Gasteiger partial charge in [-0.3, -0.25) is 9.20 Å². The van der Waals surface area contributed by atoms with Crippen molar-refractivity contribution in [2.45, 2.75) is 0 Å². The van der Waals surface area contributed by atoms with E-state index in [9.17, 15) is 4.79 Å². The Morgan fingerprint density at radius 2 is 1.79 bits per heavy atom. The Balaban J connectivity index is 0.00000110. The van der Waals surface area contributed by atoms with Gasteiger partial charge in [-0.05, 0) is 6.07 Å². The van der Waals surface area contributed by atoms with Crippen LogP contribution in [-0.2, 0) is 7.05 Å². The van der Waals surface area contributed by atoms with Crippen molar-refractivity contribution in [1.29, 1.82) is 0 Å². The van der Waals surface area contributed by atoms with Crippen LogP contribution in [0.5, 0.6) is 0 Å². The maximum absolute atomic E-state index is 12.1. The average Bonchev–Trinajstić information content (AvgIpc) is 2.72. The van der Waals surface area contributed by atoms with Crippen LogP contribution in [0.2, 0.25) is 0 Å². The zero-order valence-corrected chi connectivity index (χ0v) is 12.5. The predicted octanol–water partition coefficient (Wildman–Crippen LogP) is -1.13. The van der Waals surface area contributed by atoms with E-state index in [2.05, 4.69) is 12.1 Å². The zero-order valence-electron chi connectivity index (χ0n) is 10.3. The second-order valence-electron chi connectivity index (χ2n) is 4.60. The van der Waals surface area contributed by atoms with E-state index in [0.717, 1.165) is 27.3 Å². The molecule has 4 aromatic rings. The highest BCUT2D eigenvalue weighted by Crippen LogP contribution is 2.28. The molecule has 3 nitrogen and oxygen atoms in total. The van der Waals surface area contributed by atoms with Crippen LogP contribution in [0.1, 0.15) is 0 Å². The number of hydrogen-bond acceptors (Lipinski definition) is 1. The van der Waals surface area contributed by atoms with Crippen molar-refractivity contribution in [3.63, 3.8) is 0 Å².